The van der Waals surface area contributed by atoms with Crippen LogP contribution in [0.5, 0.6) is 0 Å². The van der Waals surface area contributed by atoms with E-state index in [4.69, 9.17) is 9.72 Å². The Labute approximate surface area is 138 Å². The zero-order valence-corrected chi connectivity index (χ0v) is 14.2. The number of nitrogens with zero attached hydrogens (tertiary/aromatic N) is 2. The number of methoxy groups -OCH3 is 1. The first-order valence-electron chi connectivity index (χ1n) is 7.38. The van der Waals surface area contributed by atoms with Crippen LogP contribution >= 0.6 is 11.3 Å². The SMILES string of the molecule is COC(=O)c1ccc2c(c1)nc(NCCN(C)C)c1ccsc12. The van der Waals surface area contributed by atoms with Gasteiger partial charge in [0.15, 0.2) is 0 Å². The van der Waals surface area contributed by atoms with Crippen molar-refractivity contribution >= 4 is 44.1 Å². The van der Waals surface area contributed by atoms with Crippen molar-refractivity contribution in [1.82, 2.24) is 9.88 Å². The van der Waals surface area contributed by atoms with E-state index in [1.54, 1.807) is 23.5 Å². The molecule has 3 rings (SSSR count). The van der Waals surface area contributed by atoms with Crippen molar-refractivity contribution in [2.75, 3.05) is 39.6 Å². The Morgan fingerprint density at radius 3 is 2.87 bits per heavy atom. The number of carbonyl (C=O) groups excluding carboxylic acids is 1. The topological polar surface area (TPSA) is 54.5 Å². The molecule has 0 aliphatic rings. The number of fused-ring (bicyclic) bond motifs is 3. The molecule has 23 heavy (non-hydrogen) atoms. The van der Waals surface area contributed by atoms with E-state index in [9.17, 15) is 4.79 Å². The molecule has 3 aromatic rings. The molecular weight excluding hydrogens is 310 g/mol. The van der Waals surface area contributed by atoms with Gasteiger partial charge in [0.25, 0.3) is 0 Å². The largest absolute Gasteiger partial charge is 0.465 e. The lowest BCUT2D eigenvalue weighted by Crippen LogP contribution is -2.21. The number of carbonyl (C=O) groups is 1. The van der Waals surface area contributed by atoms with Crippen LogP contribution in [0.3, 0.4) is 0 Å². The van der Waals surface area contributed by atoms with Crippen LogP contribution in [0, 0.1) is 0 Å². The van der Waals surface area contributed by atoms with Crippen molar-refractivity contribution in [1.29, 1.82) is 0 Å². The first-order valence-corrected chi connectivity index (χ1v) is 8.26. The van der Waals surface area contributed by atoms with Crippen LogP contribution in [0.15, 0.2) is 29.6 Å². The number of pyridine rings is 1. The molecule has 0 saturated carbocycles. The van der Waals surface area contributed by atoms with Gasteiger partial charge in [-0.1, -0.05) is 6.07 Å². The lowest BCUT2D eigenvalue weighted by atomic mass is 10.1. The van der Waals surface area contributed by atoms with Crippen molar-refractivity contribution < 1.29 is 9.53 Å². The summed E-state index contributed by atoms with van der Waals surface area (Å²) in [6.07, 6.45) is 0. The molecule has 2 aromatic heterocycles. The number of likely N-dealkylation sites (N-methyl/N-ethyl adjacent to an activating group) is 1. The van der Waals surface area contributed by atoms with Crippen LogP contribution < -0.4 is 5.32 Å². The van der Waals surface area contributed by atoms with E-state index < -0.39 is 0 Å². The molecule has 0 aliphatic carbocycles. The Kier molecular flexibility index (Phi) is 4.45. The minimum absolute atomic E-state index is 0.345. The summed E-state index contributed by atoms with van der Waals surface area (Å²) in [7, 11) is 5.47. The zero-order chi connectivity index (χ0) is 16.4. The number of hydrogen-bond donors (Lipinski definition) is 1. The fraction of sp³-hybridized carbons (Fsp3) is 0.294. The molecule has 0 saturated heterocycles. The molecule has 5 nitrogen and oxygen atoms in total. The summed E-state index contributed by atoms with van der Waals surface area (Å²) < 4.78 is 5.97. The van der Waals surface area contributed by atoms with Crippen LogP contribution in [0.25, 0.3) is 21.0 Å². The second kappa shape index (κ2) is 6.52. The van der Waals surface area contributed by atoms with Gasteiger partial charge in [0.2, 0.25) is 0 Å². The summed E-state index contributed by atoms with van der Waals surface area (Å²) in [5.74, 6) is 0.514. The molecule has 120 valence electrons. The number of nitrogens with one attached hydrogen (secondary N) is 1. The van der Waals surface area contributed by atoms with Gasteiger partial charge < -0.3 is 15.0 Å². The van der Waals surface area contributed by atoms with Gasteiger partial charge in [0.05, 0.1) is 18.2 Å². The van der Waals surface area contributed by atoms with Gasteiger partial charge in [-0.25, -0.2) is 9.78 Å². The number of benzene rings is 1. The second-order valence-corrected chi connectivity index (χ2v) is 6.49. The first kappa shape index (κ1) is 15.7. The van der Waals surface area contributed by atoms with Gasteiger partial charge >= 0.3 is 5.97 Å². The van der Waals surface area contributed by atoms with Gasteiger partial charge in [-0.3, -0.25) is 0 Å². The van der Waals surface area contributed by atoms with Crippen LogP contribution in [-0.4, -0.2) is 50.1 Å². The molecule has 6 heteroatoms. The Bertz CT molecular complexity index is 858. The van der Waals surface area contributed by atoms with Crippen LogP contribution in [0.2, 0.25) is 0 Å². The molecule has 0 fully saturated rings. The summed E-state index contributed by atoms with van der Waals surface area (Å²) in [4.78, 5) is 18.6. The Morgan fingerprint density at radius 1 is 1.30 bits per heavy atom. The molecule has 1 N–H and O–H groups in total. The smallest absolute Gasteiger partial charge is 0.337 e. The van der Waals surface area contributed by atoms with Crippen molar-refractivity contribution in [3.63, 3.8) is 0 Å². The Morgan fingerprint density at radius 2 is 2.13 bits per heavy atom. The molecule has 0 radical (unpaired) electrons. The quantitative estimate of drug-likeness (QED) is 0.729. The number of rotatable bonds is 5. The monoisotopic (exact) mass is 329 g/mol. The average Bonchev–Trinajstić information content (AvgIpc) is 3.03. The third kappa shape index (κ3) is 3.13. The number of anilines is 1. The minimum Gasteiger partial charge on any atom is -0.465 e. The van der Waals surface area contributed by atoms with E-state index in [-0.39, 0.29) is 5.97 Å². The Balaban J connectivity index is 2.06. The fourth-order valence-electron chi connectivity index (χ4n) is 2.48. The highest BCUT2D eigenvalue weighted by Gasteiger charge is 2.12. The van der Waals surface area contributed by atoms with E-state index >= 15 is 0 Å². The normalized spacial score (nSPS) is 11.3. The lowest BCUT2D eigenvalue weighted by Gasteiger charge is -2.12. The molecule has 0 atom stereocenters. The number of esters is 1. The van der Waals surface area contributed by atoms with E-state index in [1.165, 1.54) is 11.8 Å². The molecule has 0 amide bonds. The third-order valence-electron chi connectivity index (χ3n) is 3.67. The standard InChI is InChI=1S/C17H19N3O2S/c1-20(2)8-7-18-16-13-6-9-23-15(13)12-5-4-11(17(21)22-3)10-14(12)19-16/h4-6,9-10H,7-8H2,1-3H3,(H,18,19). The lowest BCUT2D eigenvalue weighted by molar-refractivity contribution is 0.0601. The maximum absolute atomic E-state index is 11.7. The predicted octanol–water partition coefficient (Wildman–Crippen LogP) is 3.21. The summed E-state index contributed by atoms with van der Waals surface area (Å²) in [6.45, 7) is 1.74. The molecule has 0 unspecified atom stereocenters. The highest BCUT2D eigenvalue weighted by atomic mass is 32.1. The van der Waals surface area contributed by atoms with Gasteiger partial charge in [0.1, 0.15) is 5.82 Å². The third-order valence-corrected chi connectivity index (χ3v) is 4.62. The summed E-state index contributed by atoms with van der Waals surface area (Å²) >= 11 is 1.68. The number of ether oxygens (including phenoxy) is 1. The van der Waals surface area contributed by atoms with Gasteiger partial charge in [-0.2, -0.15) is 0 Å². The van der Waals surface area contributed by atoms with Gasteiger partial charge in [-0.05, 0) is 37.7 Å². The summed E-state index contributed by atoms with van der Waals surface area (Å²) in [6, 6.07) is 7.60. The number of hydrogen-bond acceptors (Lipinski definition) is 6. The van der Waals surface area contributed by atoms with Crippen molar-refractivity contribution in [2.45, 2.75) is 0 Å². The molecule has 1 aromatic carbocycles. The average molecular weight is 329 g/mol. The maximum Gasteiger partial charge on any atom is 0.337 e. The van der Waals surface area contributed by atoms with Gasteiger partial charge in [-0.15, -0.1) is 11.3 Å². The number of thiophene rings is 1. The fourth-order valence-corrected chi connectivity index (χ4v) is 3.41. The van der Waals surface area contributed by atoms with Crippen LogP contribution in [-0.2, 0) is 4.74 Å². The predicted molar refractivity (Wildman–Crippen MR) is 95.5 cm³/mol. The van der Waals surface area contributed by atoms with E-state index in [0.717, 1.165) is 35.2 Å². The molecule has 2 heterocycles. The summed E-state index contributed by atoms with van der Waals surface area (Å²) in [5.41, 5.74) is 1.32. The van der Waals surface area contributed by atoms with E-state index in [2.05, 4.69) is 21.7 Å². The zero-order valence-electron chi connectivity index (χ0n) is 13.4. The highest BCUT2D eigenvalue weighted by molar-refractivity contribution is 7.18. The van der Waals surface area contributed by atoms with E-state index in [1.807, 2.05) is 20.2 Å². The maximum atomic E-state index is 11.7. The number of aromatic nitrogens is 1. The molecule has 0 spiro atoms. The molecule has 0 bridgehead atoms. The Hall–Kier alpha value is -2.18. The van der Waals surface area contributed by atoms with Crippen molar-refractivity contribution in [3.05, 3.63) is 35.2 Å². The first-order chi connectivity index (χ1) is 11.1. The van der Waals surface area contributed by atoms with Crippen LogP contribution in [0.4, 0.5) is 5.82 Å². The van der Waals surface area contributed by atoms with Crippen molar-refractivity contribution in [3.8, 4) is 0 Å². The highest BCUT2D eigenvalue weighted by Crippen LogP contribution is 2.33. The van der Waals surface area contributed by atoms with E-state index in [0.29, 0.717) is 5.56 Å². The minimum atomic E-state index is -0.345. The van der Waals surface area contributed by atoms with Crippen molar-refractivity contribution in [2.24, 2.45) is 0 Å². The van der Waals surface area contributed by atoms with Crippen LogP contribution in [0.1, 0.15) is 10.4 Å². The van der Waals surface area contributed by atoms with Gasteiger partial charge in [0, 0.05) is 28.6 Å². The molecular formula is C17H19N3O2S. The summed E-state index contributed by atoms with van der Waals surface area (Å²) in [5, 5.41) is 7.64. The molecule has 0 aliphatic heterocycles. The second-order valence-electron chi connectivity index (χ2n) is 5.58.